The van der Waals surface area contributed by atoms with Gasteiger partial charge < -0.3 is 5.84 Å². The van der Waals surface area contributed by atoms with Gasteiger partial charge in [-0.3, -0.25) is 0 Å². The maximum Gasteiger partial charge on any atom is 0.200 e. The minimum atomic E-state index is -2.21. The van der Waals surface area contributed by atoms with E-state index in [-0.39, 0.29) is 0 Å². The first-order valence-electron chi connectivity index (χ1n) is 3.25. The van der Waals surface area contributed by atoms with Crippen LogP contribution in [0, 0.1) is 29.1 Å². The first-order chi connectivity index (χ1) is 6.50. The largest absolute Gasteiger partial charge is 0.323 e. The Bertz CT molecular complexity index is 373. The molecule has 0 atom stereocenters. The van der Waals surface area contributed by atoms with Crippen molar-refractivity contribution in [2.45, 2.75) is 0 Å². The molecule has 0 bridgehead atoms. The Morgan fingerprint density at radius 1 is 0.786 bits per heavy atom. The Morgan fingerprint density at radius 3 is 1.50 bits per heavy atom. The highest BCUT2D eigenvalue weighted by Gasteiger charge is 2.24. The molecule has 1 aromatic rings. The summed E-state index contributed by atoms with van der Waals surface area (Å²) < 4.78 is 62.8. The molecule has 2 nitrogen and oxygen atoms in total. The van der Waals surface area contributed by atoms with E-state index in [0.717, 1.165) is 0 Å². The van der Waals surface area contributed by atoms with Crippen molar-refractivity contribution in [3.8, 4) is 0 Å². The van der Waals surface area contributed by atoms with Crippen molar-refractivity contribution >= 4 is 6.21 Å². The number of hydrazone groups is 1. The summed E-state index contributed by atoms with van der Waals surface area (Å²) >= 11 is 0. The molecular formula is C7H3F5N2. The van der Waals surface area contributed by atoms with Gasteiger partial charge >= 0.3 is 0 Å². The lowest BCUT2D eigenvalue weighted by atomic mass is 10.2. The second kappa shape index (κ2) is 3.60. The highest BCUT2D eigenvalue weighted by Crippen LogP contribution is 2.21. The van der Waals surface area contributed by atoms with Crippen LogP contribution in [-0.2, 0) is 0 Å². The van der Waals surface area contributed by atoms with Gasteiger partial charge in [0.25, 0.3) is 0 Å². The summed E-state index contributed by atoms with van der Waals surface area (Å²) in [7, 11) is 0. The second-order valence-electron chi connectivity index (χ2n) is 2.26. The molecular weight excluding hydrogens is 207 g/mol. The van der Waals surface area contributed by atoms with Crippen LogP contribution in [0.5, 0.6) is 0 Å². The smallest absolute Gasteiger partial charge is 0.200 e. The van der Waals surface area contributed by atoms with Crippen LogP contribution in [0.4, 0.5) is 22.0 Å². The predicted molar refractivity (Wildman–Crippen MR) is 38.0 cm³/mol. The van der Waals surface area contributed by atoms with Gasteiger partial charge in [-0.05, 0) is 0 Å². The van der Waals surface area contributed by atoms with E-state index in [0.29, 0.717) is 6.21 Å². The summed E-state index contributed by atoms with van der Waals surface area (Å²) in [6, 6.07) is 0. The molecule has 2 N–H and O–H groups in total. The van der Waals surface area contributed by atoms with Gasteiger partial charge in [0.1, 0.15) is 0 Å². The van der Waals surface area contributed by atoms with Crippen molar-refractivity contribution in [1.82, 2.24) is 0 Å². The summed E-state index contributed by atoms with van der Waals surface area (Å²) in [6.07, 6.45) is 0.344. The third-order valence-electron chi connectivity index (χ3n) is 1.45. The zero-order chi connectivity index (χ0) is 10.9. The zero-order valence-electron chi connectivity index (χ0n) is 6.49. The number of nitrogens with two attached hydrogens (primary N) is 1. The van der Waals surface area contributed by atoms with E-state index in [1.807, 2.05) is 0 Å². The molecule has 1 rings (SSSR count). The van der Waals surface area contributed by atoms with Crippen LogP contribution in [0.15, 0.2) is 5.10 Å². The maximum atomic E-state index is 12.7. The highest BCUT2D eigenvalue weighted by molar-refractivity contribution is 5.80. The van der Waals surface area contributed by atoms with E-state index in [2.05, 4.69) is 10.9 Å². The van der Waals surface area contributed by atoms with E-state index >= 15 is 0 Å². The molecule has 0 aromatic heterocycles. The maximum absolute atomic E-state index is 12.7. The van der Waals surface area contributed by atoms with E-state index < -0.39 is 34.6 Å². The molecule has 0 amide bonds. The SMILES string of the molecule is N/N=C/c1c(F)c(F)c(F)c(F)c1F. The Hall–Kier alpha value is -1.66. The van der Waals surface area contributed by atoms with Gasteiger partial charge in [0.05, 0.1) is 11.8 Å². The molecule has 7 heteroatoms. The molecule has 76 valence electrons. The number of halogens is 5. The average Bonchev–Trinajstić information content (AvgIpc) is 2.19. The molecule has 0 aliphatic carbocycles. The molecule has 0 unspecified atom stereocenters. The second-order valence-corrected chi connectivity index (χ2v) is 2.26. The fourth-order valence-electron chi connectivity index (χ4n) is 0.810. The van der Waals surface area contributed by atoms with Gasteiger partial charge in [-0.25, -0.2) is 22.0 Å². The third kappa shape index (κ3) is 1.40. The fourth-order valence-corrected chi connectivity index (χ4v) is 0.810. The standard InChI is InChI=1S/C7H3F5N2/c8-3-2(1-14-13)4(9)6(11)7(12)5(3)10/h1H,13H2/b14-1+. The quantitative estimate of drug-likeness (QED) is 0.188. The molecule has 0 fully saturated rings. The predicted octanol–water partition coefficient (Wildman–Crippen LogP) is 1.67. The van der Waals surface area contributed by atoms with Gasteiger partial charge in [-0.15, -0.1) is 0 Å². The minimum absolute atomic E-state index is 0.344. The van der Waals surface area contributed by atoms with Gasteiger partial charge in [0, 0.05) is 0 Å². The van der Waals surface area contributed by atoms with Crippen LogP contribution in [0.1, 0.15) is 5.56 Å². The van der Waals surface area contributed by atoms with Crippen molar-refractivity contribution in [2.24, 2.45) is 10.9 Å². The molecule has 14 heavy (non-hydrogen) atoms. The topological polar surface area (TPSA) is 38.4 Å². The number of hydrogen-bond acceptors (Lipinski definition) is 2. The highest BCUT2D eigenvalue weighted by atomic mass is 19.2. The molecule has 0 aliphatic heterocycles. The minimum Gasteiger partial charge on any atom is -0.323 e. The van der Waals surface area contributed by atoms with Gasteiger partial charge in [0.2, 0.25) is 5.82 Å². The lowest BCUT2D eigenvalue weighted by molar-refractivity contribution is 0.377. The molecule has 0 aliphatic rings. The molecule has 0 heterocycles. The Balaban J connectivity index is 3.59. The van der Waals surface area contributed by atoms with Crippen LogP contribution in [-0.4, -0.2) is 6.21 Å². The van der Waals surface area contributed by atoms with E-state index in [1.54, 1.807) is 0 Å². The first kappa shape index (κ1) is 10.4. The van der Waals surface area contributed by atoms with E-state index in [1.165, 1.54) is 0 Å². The van der Waals surface area contributed by atoms with Crippen molar-refractivity contribution < 1.29 is 22.0 Å². The normalized spacial score (nSPS) is 11.2. The van der Waals surface area contributed by atoms with Gasteiger partial charge in [0.15, 0.2) is 23.3 Å². The summed E-state index contributed by atoms with van der Waals surface area (Å²) in [4.78, 5) is 0. The van der Waals surface area contributed by atoms with Crippen LogP contribution < -0.4 is 5.84 Å². The van der Waals surface area contributed by atoms with Crippen molar-refractivity contribution in [3.05, 3.63) is 34.6 Å². The number of nitrogens with zero attached hydrogens (tertiary/aromatic N) is 1. The van der Waals surface area contributed by atoms with Crippen LogP contribution >= 0.6 is 0 Å². The summed E-state index contributed by atoms with van der Waals surface area (Å²) in [5.41, 5.74) is -1.16. The zero-order valence-corrected chi connectivity index (χ0v) is 6.49. The van der Waals surface area contributed by atoms with Crippen LogP contribution in [0.3, 0.4) is 0 Å². The lowest BCUT2D eigenvalue weighted by Crippen LogP contribution is -2.07. The van der Waals surface area contributed by atoms with E-state index in [9.17, 15) is 22.0 Å². The summed E-state index contributed by atoms with van der Waals surface area (Å²) in [5, 5.41) is 2.68. The lowest BCUT2D eigenvalue weighted by Gasteiger charge is -2.02. The summed E-state index contributed by atoms with van der Waals surface area (Å²) in [5.74, 6) is -5.66. The Labute approximate surface area is 74.8 Å². The van der Waals surface area contributed by atoms with Gasteiger partial charge in [-0.1, -0.05) is 0 Å². The van der Waals surface area contributed by atoms with Crippen LogP contribution in [0.25, 0.3) is 0 Å². The summed E-state index contributed by atoms with van der Waals surface area (Å²) in [6.45, 7) is 0. The van der Waals surface area contributed by atoms with Crippen molar-refractivity contribution in [3.63, 3.8) is 0 Å². The first-order valence-corrected chi connectivity index (χ1v) is 3.25. The number of rotatable bonds is 1. The van der Waals surface area contributed by atoms with Gasteiger partial charge in [-0.2, -0.15) is 5.10 Å². The molecule has 0 saturated carbocycles. The molecule has 0 radical (unpaired) electrons. The molecule has 0 saturated heterocycles. The van der Waals surface area contributed by atoms with Crippen LogP contribution in [0.2, 0.25) is 0 Å². The number of hydrogen-bond donors (Lipinski definition) is 1. The monoisotopic (exact) mass is 210 g/mol. The average molecular weight is 210 g/mol. The van der Waals surface area contributed by atoms with Crippen molar-refractivity contribution in [1.29, 1.82) is 0 Å². The fraction of sp³-hybridized carbons (Fsp3) is 0. The van der Waals surface area contributed by atoms with Crippen molar-refractivity contribution in [2.75, 3.05) is 0 Å². The number of benzene rings is 1. The Kier molecular flexibility index (Phi) is 2.68. The molecule has 0 spiro atoms. The Morgan fingerprint density at radius 2 is 1.14 bits per heavy atom. The van der Waals surface area contributed by atoms with E-state index in [4.69, 9.17) is 0 Å². The molecule has 1 aromatic carbocycles. The third-order valence-corrected chi connectivity index (χ3v) is 1.45.